The molecule has 0 saturated heterocycles. The van der Waals surface area contributed by atoms with Gasteiger partial charge >= 0.3 is 0 Å². The van der Waals surface area contributed by atoms with Gasteiger partial charge in [-0.05, 0) is 29.8 Å². The second-order valence-electron chi connectivity index (χ2n) is 3.71. The minimum Gasteiger partial charge on any atom is -0.507 e. The smallest absolute Gasteiger partial charge is 0.259 e. The van der Waals surface area contributed by atoms with Gasteiger partial charge in [0.1, 0.15) is 17.1 Å². The number of benzene rings is 1. The van der Waals surface area contributed by atoms with E-state index in [2.05, 4.69) is 10.3 Å². The van der Waals surface area contributed by atoms with Crippen LogP contribution in [-0.4, -0.2) is 21.1 Å². The molecule has 0 fully saturated rings. The normalized spacial score (nSPS) is 10.0. The highest BCUT2D eigenvalue weighted by Gasteiger charge is 2.15. The number of pyridine rings is 1. The molecule has 0 saturated carbocycles. The summed E-state index contributed by atoms with van der Waals surface area (Å²) in [6, 6.07) is 7.70. The number of amides is 1. The monoisotopic (exact) mass is 244 g/mol. The molecule has 0 bridgehead atoms. The van der Waals surface area contributed by atoms with E-state index < -0.39 is 5.91 Å². The summed E-state index contributed by atoms with van der Waals surface area (Å²) in [5, 5.41) is 21.7. The van der Waals surface area contributed by atoms with Crippen LogP contribution in [0.5, 0.6) is 11.5 Å². The van der Waals surface area contributed by atoms with Crippen molar-refractivity contribution >= 4 is 5.91 Å². The average molecular weight is 244 g/mol. The van der Waals surface area contributed by atoms with Gasteiger partial charge < -0.3 is 15.5 Å². The SMILES string of the molecule is O=C(NCc1ccncc1)c1c(O)cccc1O. The molecule has 0 aliphatic rings. The van der Waals surface area contributed by atoms with E-state index in [0.717, 1.165) is 5.56 Å². The van der Waals surface area contributed by atoms with E-state index in [9.17, 15) is 15.0 Å². The fraction of sp³-hybridized carbons (Fsp3) is 0.0769. The van der Waals surface area contributed by atoms with E-state index in [0.29, 0.717) is 6.54 Å². The second-order valence-corrected chi connectivity index (χ2v) is 3.71. The highest BCUT2D eigenvalue weighted by Crippen LogP contribution is 2.25. The van der Waals surface area contributed by atoms with Gasteiger partial charge in [0.25, 0.3) is 5.91 Å². The third-order valence-corrected chi connectivity index (χ3v) is 2.45. The van der Waals surface area contributed by atoms with E-state index in [1.165, 1.54) is 18.2 Å². The molecule has 1 aromatic carbocycles. The van der Waals surface area contributed by atoms with Crippen LogP contribution < -0.4 is 5.32 Å². The Bertz CT molecular complexity index is 535. The molecule has 18 heavy (non-hydrogen) atoms. The quantitative estimate of drug-likeness (QED) is 0.762. The largest absolute Gasteiger partial charge is 0.507 e. The van der Waals surface area contributed by atoms with Crippen LogP contribution >= 0.6 is 0 Å². The Morgan fingerprint density at radius 1 is 1.11 bits per heavy atom. The molecule has 1 amide bonds. The Balaban J connectivity index is 2.09. The molecule has 1 aromatic heterocycles. The molecule has 0 aliphatic heterocycles. The van der Waals surface area contributed by atoms with Crippen LogP contribution in [0.15, 0.2) is 42.7 Å². The fourth-order valence-electron chi connectivity index (χ4n) is 1.53. The number of aromatic hydroxyl groups is 2. The predicted octanol–water partition coefficient (Wildman–Crippen LogP) is 1.42. The van der Waals surface area contributed by atoms with Gasteiger partial charge in [0.15, 0.2) is 0 Å². The molecule has 1 heterocycles. The third-order valence-electron chi connectivity index (χ3n) is 2.45. The summed E-state index contributed by atoms with van der Waals surface area (Å²) in [7, 11) is 0. The van der Waals surface area contributed by atoms with Crippen LogP contribution in [0.4, 0.5) is 0 Å². The van der Waals surface area contributed by atoms with Crippen molar-refractivity contribution in [3.05, 3.63) is 53.9 Å². The second kappa shape index (κ2) is 5.18. The summed E-state index contributed by atoms with van der Waals surface area (Å²) in [5.74, 6) is -1.02. The van der Waals surface area contributed by atoms with Crippen molar-refractivity contribution < 1.29 is 15.0 Å². The molecule has 0 unspecified atom stereocenters. The fourth-order valence-corrected chi connectivity index (χ4v) is 1.53. The maximum absolute atomic E-state index is 11.8. The zero-order valence-corrected chi connectivity index (χ0v) is 9.50. The Morgan fingerprint density at radius 3 is 2.33 bits per heavy atom. The number of phenolic OH excluding ortho intramolecular Hbond substituents is 2. The molecule has 3 N–H and O–H groups in total. The number of aromatic nitrogens is 1. The zero-order valence-electron chi connectivity index (χ0n) is 9.50. The minimum absolute atomic E-state index is 0.119. The topological polar surface area (TPSA) is 82.5 Å². The zero-order chi connectivity index (χ0) is 13.0. The van der Waals surface area contributed by atoms with E-state index >= 15 is 0 Å². The van der Waals surface area contributed by atoms with Crippen molar-refractivity contribution in [2.75, 3.05) is 0 Å². The van der Waals surface area contributed by atoms with Gasteiger partial charge in [-0.2, -0.15) is 0 Å². The first-order valence-electron chi connectivity index (χ1n) is 5.36. The van der Waals surface area contributed by atoms with Gasteiger partial charge in [0.05, 0.1) is 0 Å². The van der Waals surface area contributed by atoms with Crippen LogP contribution in [0.25, 0.3) is 0 Å². The molecule has 0 spiro atoms. The molecule has 2 rings (SSSR count). The number of rotatable bonds is 3. The number of hydrogen-bond donors (Lipinski definition) is 3. The highest BCUT2D eigenvalue weighted by molar-refractivity contribution is 5.99. The lowest BCUT2D eigenvalue weighted by atomic mass is 10.1. The van der Waals surface area contributed by atoms with Crippen molar-refractivity contribution in [2.24, 2.45) is 0 Å². The van der Waals surface area contributed by atoms with Crippen LogP contribution in [0.1, 0.15) is 15.9 Å². The summed E-state index contributed by atoms with van der Waals surface area (Å²) < 4.78 is 0. The molecular formula is C13H12N2O3. The first kappa shape index (κ1) is 11.9. The Morgan fingerprint density at radius 2 is 1.72 bits per heavy atom. The molecule has 0 atom stereocenters. The summed E-state index contributed by atoms with van der Waals surface area (Å²) >= 11 is 0. The minimum atomic E-state index is -0.526. The number of carbonyl (C=O) groups excluding carboxylic acids is 1. The maximum atomic E-state index is 11.8. The number of nitrogens with zero attached hydrogens (tertiary/aromatic N) is 1. The lowest BCUT2D eigenvalue weighted by molar-refractivity contribution is 0.0945. The average Bonchev–Trinajstić information content (AvgIpc) is 2.37. The highest BCUT2D eigenvalue weighted by atomic mass is 16.3. The standard InChI is InChI=1S/C13H12N2O3/c16-10-2-1-3-11(17)12(10)13(18)15-8-9-4-6-14-7-5-9/h1-7,16-17H,8H2,(H,15,18). The van der Waals surface area contributed by atoms with E-state index in [4.69, 9.17) is 0 Å². The molecule has 0 aliphatic carbocycles. The van der Waals surface area contributed by atoms with Gasteiger partial charge in [0, 0.05) is 18.9 Å². The van der Waals surface area contributed by atoms with Crippen molar-refractivity contribution in [1.82, 2.24) is 10.3 Å². The van der Waals surface area contributed by atoms with Crippen LogP contribution in [-0.2, 0) is 6.54 Å². The van der Waals surface area contributed by atoms with Gasteiger partial charge in [-0.15, -0.1) is 0 Å². The molecule has 92 valence electrons. The van der Waals surface area contributed by atoms with Gasteiger partial charge in [0.2, 0.25) is 0 Å². The number of carbonyl (C=O) groups is 1. The lowest BCUT2D eigenvalue weighted by Gasteiger charge is -2.08. The number of hydrogen-bond acceptors (Lipinski definition) is 4. The first-order chi connectivity index (χ1) is 8.68. The summed E-state index contributed by atoms with van der Waals surface area (Å²) in [4.78, 5) is 15.7. The van der Waals surface area contributed by atoms with Crippen LogP contribution in [0.3, 0.4) is 0 Å². The summed E-state index contributed by atoms with van der Waals surface area (Å²) in [5.41, 5.74) is 0.764. The van der Waals surface area contributed by atoms with Gasteiger partial charge in [-0.1, -0.05) is 6.07 Å². The van der Waals surface area contributed by atoms with Crippen LogP contribution in [0, 0.1) is 0 Å². The molecule has 2 aromatic rings. The van der Waals surface area contributed by atoms with Crippen molar-refractivity contribution in [2.45, 2.75) is 6.54 Å². The van der Waals surface area contributed by atoms with E-state index in [-0.39, 0.29) is 17.1 Å². The van der Waals surface area contributed by atoms with Crippen molar-refractivity contribution in [3.8, 4) is 11.5 Å². The van der Waals surface area contributed by atoms with Crippen molar-refractivity contribution in [3.63, 3.8) is 0 Å². The summed E-state index contributed by atoms with van der Waals surface area (Å²) in [6.07, 6.45) is 3.25. The lowest BCUT2D eigenvalue weighted by Crippen LogP contribution is -2.22. The van der Waals surface area contributed by atoms with E-state index in [1.807, 2.05) is 0 Å². The number of nitrogens with one attached hydrogen (secondary N) is 1. The molecule has 0 radical (unpaired) electrons. The maximum Gasteiger partial charge on any atom is 0.259 e. The first-order valence-corrected chi connectivity index (χ1v) is 5.36. The molecular weight excluding hydrogens is 232 g/mol. The van der Waals surface area contributed by atoms with E-state index in [1.54, 1.807) is 24.5 Å². The molecule has 5 nitrogen and oxygen atoms in total. The Hall–Kier alpha value is -2.56. The summed E-state index contributed by atoms with van der Waals surface area (Å²) in [6.45, 7) is 0.301. The van der Waals surface area contributed by atoms with Crippen molar-refractivity contribution in [1.29, 1.82) is 0 Å². The molecule has 5 heteroatoms. The van der Waals surface area contributed by atoms with Gasteiger partial charge in [-0.3, -0.25) is 9.78 Å². The Kier molecular flexibility index (Phi) is 3.43. The van der Waals surface area contributed by atoms with Crippen LogP contribution in [0.2, 0.25) is 0 Å². The number of phenols is 2. The third kappa shape index (κ3) is 2.57. The predicted molar refractivity (Wildman–Crippen MR) is 65.2 cm³/mol. The Labute approximate surface area is 104 Å². The van der Waals surface area contributed by atoms with Gasteiger partial charge in [-0.25, -0.2) is 0 Å².